The SMILES string of the molecule is CCOC(=O)[C@@H]1CCC[C@@H]1S. The first kappa shape index (κ1) is 8.91. The Hall–Kier alpha value is -0.180. The molecule has 0 aromatic rings. The van der Waals surface area contributed by atoms with Crippen molar-refractivity contribution < 1.29 is 9.53 Å². The Morgan fingerprint density at radius 3 is 2.82 bits per heavy atom. The Morgan fingerprint density at radius 2 is 2.36 bits per heavy atom. The maximum atomic E-state index is 11.2. The van der Waals surface area contributed by atoms with Crippen LogP contribution in [0, 0.1) is 5.92 Å². The molecule has 0 aliphatic heterocycles. The summed E-state index contributed by atoms with van der Waals surface area (Å²) >= 11 is 4.32. The molecule has 3 heteroatoms. The van der Waals surface area contributed by atoms with Crippen LogP contribution in [-0.2, 0) is 9.53 Å². The fourth-order valence-corrected chi connectivity index (χ4v) is 1.92. The second-order valence-electron chi connectivity index (χ2n) is 2.86. The lowest BCUT2D eigenvalue weighted by atomic mass is 10.1. The van der Waals surface area contributed by atoms with Crippen molar-refractivity contribution >= 4 is 18.6 Å². The summed E-state index contributed by atoms with van der Waals surface area (Å²) in [6.45, 7) is 2.32. The zero-order valence-corrected chi connectivity index (χ0v) is 7.64. The lowest BCUT2D eigenvalue weighted by molar-refractivity contribution is -0.147. The Kier molecular flexibility index (Phi) is 3.24. The normalized spacial score (nSPS) is 30.4. The van der Waals surface area contributed by atoms with Crippen LogP contribution >= 0.6 is 12.6 Å². The molecule has 0 bridgehead atoms. The van der Waals surface area contributed by atoms with E-state index in [0.717, 1.165) is 19.3 Å². The van der Waals surface area contributed by atoms with E-state index in [4.69, 9.17) is 4.74 Å². The monoisotopic (exact) mass is 174 g/mol. The first-order valence-electron chi connectivity index (χ1n) is 4.10. The summed E-state index contributed by atoms with van der Waals surface area (Å²) in [5, 5.41) is 0.231. The predicted molar refractivity (Wildman–Crippen MR) is 46.7 cm³/mol. The first-order valence-corrected chi connectivity index (χ1v) is 4.62. The molecule has 1 aliphatic carbocycles. The van der Waals surface area contributed by atoms with Crippen LogP contribution in [0.5, 0.6) is 0 Å². The molecule has 64 valence electrons. The molecule has 2 atom stereocenters. The molecule has 2 nitrogen and oxygen atoms in total. The van der Waals surface area contributed by atoms with E-state index in [1.54, 1.807) is 0 Å². The minimum absolute atomic E-state index is 0.0540. The third-order valence-electron chi connectivity index (χ3n) is 2.07. The van der Waals surface area contributed by atoms with Crippen LogP contribution < -0.4 is 0 Å². The minimum atomic E-state index is -0.0648. The van der Waals surface area contributed by atoms with Crippen molar-refractivity contribution in [2.45, 2.75) is 31.4 Å². The molecule has 0 aromatic heterocycles. The Labute approximate surface area is 72.7 Å². The summed E-state index contributed by atoms with van der Waals surface area (Å²) < 4.78 is 4.91. The molecule has 1 saturated carbocycles. The molecule has 1 aliphatic rings. The first-order chi connectivity index (χ1) is 5.25. The van der Waals surface area contributed by atoms with E-state index in [1.807, 2.05) is 6.92 Å². The molecule has 0 amide bonds. The Balaban J connectivity index is 2.39. The summed E-state index contributed by atoms with van der Waals surface area (Å²) in [4.78, 5) is 11.2. The van der Waals surface area contributed by atoms with Crippen LogP contribution in [0.15, 0.2) is 0 Å². The highest BCUT2D eigenvalue weighted by Gasteiger charge is 2.31. The number of hydrogen-bond acceptors (Lipinski definition) is 3. The molecular formula is C8H14O2S. The fraction of sp³-hybridized carbons (Fsp3) is 0.875. The standard InChI is InChI=1S/C8H14O2S/c1-2-10-8(9)6-4-3-5-7(6)11/h6-7,11H,2-5H2,1H3/t6-,7+/m1/s1. The van der Waals surface area contributed by atoms with Crippen molar-refractivity contribution in [3.8, 4) is 0 Å². The van der Waals surface area contributed by atoms with Gasteiger partial charge in [-0.15, -0.1) is 0 Å². The highest BCUT2D eigenvalue weighted by Crippen LogP contribution is 2.30. The smallest absolute Gasteiger partial charge is 0.310 e. The van der Waals surface area contributed by atoms with Crippen molar-refractivity contribution in [2.75, 3.05) is 6.61 Å². The van der Waals surface area contributed by atoms with Gasteiger partial charge < -0.3 is 4.74 Å². The van der Waals surface area contributed by atoms with Gasteiger partial charge in [-0.2, -0.15) is 12.6 Å². The van der Waals surface area contributed by atoms with Crippen LogP contribution in [0.3, 0.4) is 0 Å². The van der Waals surface area contributed by atoms with Gasteiger partial charge in [0.15, 0.2) is 0 Å². The maximum absolute atomic E-state index is 11.2. The minimum Gasteiger partial charge on any atom is -0.466 e. The third-order valence-corrected chi connectivity index (χ3v) is 2.69. The van der Waals surface area contributed by atoms with Crippen LogP contribution in [0.1, 0.15) is 26.2 Å². The van der Waals surface area contributed by atoms with Gasteiger partial charge in [0.05, 0.1) is 12.5 Å². The van der Waals surface area contributed by atoms with Crippen LogP contribution in [0.2, 0.25) is 0 Å². The molecule has 0 saturated heterocycles. The summed E-state index contributed by atoms with van der Waals surface area (Å²) in [5.74, 6) is -0.0108. The number of esters is 1. The quantitative estimate of drug-likeness (QED) is 0.509. The van der Waals surface area contributed by atoms with Gasteiger partial charge in [0.25, 0.3) is 0 Å². The van der Waals surface area contributed by atoms with E-state index < -0.39 is 0 Å². The van der Waals surface area contributed by atoms with E-state index in [0.29, 0.717) is 6.61 Å². The van der Waals surface area contributed by atoms with E-state index in [1.165, 1.54) is 0 Å². The van der Waals surface area contributed by atoms with Gasteiger partial charge >= 0.3 is 5.97 Å². The number of ether oxygens (including phenoxy) is 1. The fourth-order valence-electron chi connectivity index (χ4n) is 1.46. The van der Waals surface area contributed by atoms with Gasteiger partial charge in [-0.25, -0.2) is 0 Å². The van der Waals surface area contributed by atoms with Crippen LogP contribution in [-0.4, -0.2) is 17.8 Å². The van der Waals surface area contributed by atoms with Crippen molar-refractivity contribution in [3.05, 3.63) is 0 Å². The number of rotatable bonds is 2. The van der Waals surface area contributed by atoms with Gasteiger partial charge in [0, 0.05) is 5.25 Å². The lowest BCUT2D eigenvalue weighted by Crippen LogP contribution is -2.21. The van der Waals surface area contributed by atoms with Crippen molar-refractivity contribution in [1.29, 1.82) is 0 Å². The molecule has 0 N–H and O–H groups in total. The molecule has 0 radical (unpaired) electrons. The number of carbonyl (C=O) groups excluding carboxylic acids is 1. The molecule has 1 fully saturated rings. The molecule has 1 rings (SSSR count). The van der Waals surface area contributed by atoms with Gasteiger partial charge in [-0.05, 0) is 19.8 Å². The van der Waals surface area contributed by atoms with Gasteiger partial charge in [-0.3, -0.25) is 4.79 Å². The summed E-state index contributed by atoms with van der Waals surface area (Å²) in [7, 11) is 0. The largest absolute Gasteiger partial charge is 0.466 e. The van der Waals surface area contributed by atoms with Crippen LogP contribution in [0.25, 0.3) is 0 Å². The second kappa shape index (κ2) is 4.00. The molecule has 0 unspecified atom stereocenters. The van der Waals surface area contributed by atoms with Crippen molar-refractivity contribution in [2.24, 2.45) is 5.92 Å². The number of thiol groups is 1. The zero-order chi connectivity index (χ0) is 8.27. The van der Waals surface area contributed by atoms with Gasteiger partial charge in [0.1, 0.15) is 0 Å². The Bertz CT molecular complexity index is 147. The van der Waals surface area contributed by atoms with Crippen LogP contribution in [0.4, 0.5) is 0 Å². The second-order valence-corrected chi connectivity index (χ2v) is 3.52. The van der Waals surface area contributed by atoms with Gasteiger partial charge in [0.2, 0.25) is 0 Å². The zero-order valence-electron chi connectivity index (χ0n) is 6.75. The van der Waals surface area contributed by atoms with E-state index in [2.05, 4.69) is 12.6 Å². The molecule has 11 heavy (non-hydrogen) atoms. The Morgan fingerprint density at radius 1 is 1.64 bits per heavy atom. The van der Waals surface area contributed by atoms with Crippen molar-refractivity contribution in [1.82, 2.24) is 0 Å². The van der Waals surface area contributed by atoms with E-state index in [9.17, 15) is 4.79 Å². The van der Waals surface area contributed by atoms with Gasteiger partial charge in [-0.1, -0.05) is 6.42 Å². The average Bonchev–Trinajstić information content (AvgIpc) is 2.36. The predicted octanol–water partition coefficient (Wildman–Crippen LogP) is 1.65. The van der Waals surface area contributed by atoms with Crippen molar-refractivity contribution in [3.63, 3.8) is 0 Å². The van der Waals surface area contributed by atoms with E-state index in [-0.39, 0.29) is 17.1 Å². The summed E-state index contributed by atoms with van der Waals surface area (Å²) in [6.07, 6.45) is 3.11. The summed E-state index contributed by atoms with van der Waals surface area (Å²) in [6, 6.07) is 0. The number of carbonyl (C=O) groups is 1. The molecule has 0 aromatic carbocycles. The number of hydrogen-bond donors (Lipinski definition) is 1. The summed E-state index contributed by atoms with van der Waals surface area (Å²) in [5.41, 5.74) is 0. The highest BCUT2D eigenvalue weighted by molar-refractivity contribution is 7.81. The molecular weight excluding hydrogens is 160 g/mol. The maximum Gasteiger partial charge on any atom is 0.310 e. The topological polar surface area (TPSA) is 26.3 Å². The third kappa shape index (κ3) is 2.12. The average molecular weight is 174 g/mol. The molecule has 0 heterocycles. The highest BCUT2D eigenvalue weighted by atomic mass is 32.1. The van der Waals surface area contributed by atoms with E-state index >= 15 is 0 Å². The lowest BCUT2D eigenvalue weighted by Gasteiger charge is -2.11. The molecule has 0 spiro atoms.